The lowest BCUT2D eigenvalue weighted by atomic mass is 9.93. The van der Waals surface area contributed by atoms with Gasteiger partial charge in [-0.05, 0) is 37.8 Å². The molecule has 2 N–H and O–H groups in total. The van der Waals surface area contributed by atoms with Crippen molar-refractivity contribution in [2.75, 3.05) is 5.32 Å². The molecule has 0 bridgehead atoms. The fourth-order valence-electron chi connectivity index (χ4n) is 2.79. The van der Waals surface area contributed by atoms with Crippen LogP contribution in [0.5, 0.6) is 6.01 Å². The van der Waals surface area contributed by atoms with Crippen molar-refractivity contribution < 1.29 is 22.7 Å². The summed E-state index contributed by atoms with van der Waals surface area (Å²) >= 11 is 0. The monoisotopic (exact) mass is 366 g/mol. The van der Waals surface area contributed by atoms with Crippen LogP contribution in [-0.2, 0) is 0 Å². The maximum Gasteiger partial charge on any atom is 0.319 e. The van der Waals surface area contributed by atoms with Gasteiger partial charge in [-0.3, -0.25) is 0 Å². The van der Waals surface area contributed by atoms with Gasteiger partial charge in [-0.15, -0.1) is 0 Å². The number of aromatic nitrogens is 2. The number of anilines is 1. The second kappa shape index (κ2) is 8.03. The van der Waals surface area contributed by atoms with E-state index in [1.165, 1.54) is 6.07 Å². The van der Waals surface area contributed by atoms with Gasteiger partial charge in [0.2, 0.25) is 0 Å². The van der Waals surface area contributed by atoms with E-state index in [1.54, 1.807) is 0 Å². The second-order valence-corrected chi connectivity index (χ2v) is 5.97. The molecule has 6 nitrogen and oxygen atoms in total. The Balaban J connectivity index is 1.46. The van der Waals surface area contributed by atoms with Gasteiger partial charge in [0, 0.05) is 6.04 Å². The molecule has 0 atom stereocenters. The van der Waals surface area contributed by atoms with Gasteiger partial charge in [0.05, 0.1) is 12.4 Å². The molecule has 0 saturated heterocycles. The Kier molecular flexibility index (Phi) is 5.55. The first-order chi connectivity index (χ1) is 12.5. The molecule has 0 spiro atoms. The summed E-state index contributed by atoms with van der Waals surface area (Å²) in [6.45, 7) is 0. The number of halogens is 3. The minimum absolute atomic E-state index is 0.107. The molecule has 1 aliphatic carbocycles. The van der Waals surface area contributed by atoms with Crippen molar-refractivity contribution in [3.8, 4) is 6.01 Å². The van der Waals surface area contributed by atoms with Crippen molar-refractivity contribution in [1.29, 1.82) is 0 Å². The van der Waals surface area contributed by atoms with Crippen LogP contribution in [0.2, 0.25) is 0 Å². The van der Waals surface area contributed by atoms with E-state index in [4.69, 9.17) is 4.74 Å². The smallest absolute Gasteiger partial charge is 0.319 e. The average molecular weight is 366 g/mol. The first-order valence-electron chi connectivity index (χ1n) is 8.17. The zero-order chi connectivity index (χ0) is 18.5. The van der Waals surface area contributed by atoms with Crippen LogP contribution < -0.4 is 15.4 Å². The van der Waals surface area contributed by atoms with Crippen LogP contribution in [0, 0.1) is 17.5 Å². The third-order valence-corrected chi connectivity index (χ3v) is 4.08. The quantitative estimate of drug-likeness (QED) is 0.870. The highest BCUT2D eigenvalue weighted by Gasteiger charge is 2.24. The van der Waals surface area contributed by atoms with Crippen LogP contribution in [-0.4, -0.2) is 28.1 Å². The number of nitrogens with zero attached hydrogens (tertiary/aromatic N) is 2. The molecule has 1 aliphatic rings. The number of para-hydroxylation sites is 1. The van der Waals surface area contributed by atoms with E-state index in [2.05, 4.69) is 20.6 Å². The Morgan fingerprint density at radius 3 is 2.27 bits per heavy atom. The molecule has 138 valence electrons. The van der Waals surface area contributed by atoms with Gasteiger partial charge < -0.3 is 15.4 Å². The number of urea groups is 1. The Hall–Kier alpha value is -2.84. The molecule has 2 amide bonds. The van der Waals surface area contributed by atoms with E-state index < -0.39 is 29.2 Å². The average Bonchev–Trinajstić information content (AvgIpc) is 2.62. The molecule has 26 heavy (non-hydrogen) atoms. The van der Waals surface area contributed by atoms with Crippen molar-refractivity contribution in [3.63, 3.8) is 0 Å². The van der Waals surface area contributed by atoms with Crippen LogP contribution in [0.25, 0.3) is 0 Å². The Morgan fingerprint density at radius 2 is 1.65 bits per heavy atom. The fraction of sp³-hybridized carbons (Fsp3) is 0.353. The zero-order valence-electron chi connectivity index (χ0n) is 13.7. The van der Waals surface area contributed by atoms with Gasteiger partial charge in [0.25, 0.3) is 0 Å². The molecule has 1 heterocycles. The molecule has 0 unspecified atom stereocenters. The lowest BCUT2D eigenvalue weighted by Crippen LogP contribution is -2.42. The van der Waals surface area contributed by atoms with Gasteiger partial charge in [0.1, 0.15) is 23.4 Å². The lowest BCUT2D eigenvalue weighted by Gasteiger charge is -2.28. The van der Waals surface area contributed by atoms with Crippen LogP contribution in [0.1, 0.15) is 25.7 Å². The van der Waals surface area contributed by atoms with Gasteiger partial charge in [-0.1, -0.05) is 6.07 Å². The third-order valence-electron chi connectivity index (χ3n) is 4.08. The van der Waals surface area contributed by atoms with Crippen LogP contribution >= 0.6 is 0 Å². The number of benzene rings is 1. The van der Waals surface area contributed by atoms with E-state index >= 15 is 0 Å². The van der Waals surface area contributed by atoms with Gasteiger partial charge in [-0.25, -0.2) is 27.9 Å². The Bertz CT molecular complexity index is 745. The predicted octanol–water partition coefficient (Wildman–Crippen LogP) is 3.41. The molecule has 1 saturated carbocycles. The molecule has 9 heteroatoms. The second-order valence-electron chi connectivity index (χ2n) is 5.97. The number of amides is 2. The lowest BCUT2D eigenvalue weighted by molar-refractivity contribution is 0.129. The van der Waals surface area contributed by atoms with Crippen molar-refractivity contribution in [2.45, 2.75) is 37.8 Å². The van der Waals surface area contributed by atoms with Gasteiger partial charge in [0.15, 0.2) is 5.82 Å². The number of hydrogen-bond acceptors (Lipinski definition) is 4. The predicted molar refractivity (Wildman–Crippen MR) is 87.2 cm³/mol. The van der Waals surface area contributed by atoms with Crippen LogP contribution in [0.15, 0.2) is 30.6 Å². The number of rotatable bonds is 4. The normalized spacial score (nSPS) is 19.7. The zero-order valence-corrected chi connectivity index (χ0v) is 13.7. The third kappa shape index (κ3) is 4.62. The van der Waals surface area contributed by atoms with E-state index in [0.29, 0.717) is 25.7 Å². The van der Waals surface area contributed by atoms with Crippen molar-refractivity contribution in [3.05, 3.63) is 48.0 Å². The van der Waals surface area contributed by atoms with Crippen LogP contribution in [0.3, 0.4) is 0 Å². The fourth-order valence-corrected chi connectivity index (χ4v) is 2.79. The highest BCUT2D eigenvalue weighted by Crippen LogP contribution is 2.23. The maximum atomic E-state index is 13.5. The SMILES string of the molecule is O=C(Nc1c(F)cccc1F)NC1CCC(Oc2ncc(F)cn2)CC1. The molecule has 2 aromatic rings. The Morgan fingerprint density at radius 1 is 1.04 bits per heavy atom. The van der Waals surface area contributed by atoms with Crippen molar-refractivity contribution in [2.24, 2.45) is 0 Å². The summed E-state index contributed by atoms with van der Waals surface area (Å²) in [6.07, 6.45) is 4.45. The summed E-state index contributed by atoms with van der Waals surface area (Å²) in [4.78, 5) is 19.4. The molecule has 1 aromatic heterocycles. The molecular weight excluding hydrogens is 349 g/mol. The molecule has 1 fully saturated rings. The summed E-state index contributed by atoms with van der Waals surface area (Å²) < 4.78 is 45.4. The van der Waals surface area contributed by atoms with Crippen LogP contribution in [0.4, 0.5) is 23.7 Å². The van der Waals surface area contributed by atoms with Crippen molar-refractivity contribution in [1.82, 2.24) is 15.3 Å². The minimum atomic E-state index is -0.837. The number of hydrogen-bond donors (Lipinski definition) is 2. The molecule has 3 rings (SSSR count). The summed E-state index contributed by atoms with van der Waals surface area (Å²) in [5, 5.41) is 4.89. The highest BCUT2D eigenvalue weighted by molar-refractivity contribution is 5.89. The highest BCUT2D eigenvalue weighted by atomic mass is 19.1. The number of ether oxygens (including phenoxy) is 1. The van der Waals surface area contributed by atoms with E-state index in [-0.39, 0.29) is 18.2 Å². The summed E-state index contributed by atoms with van der Waals surface area (Å²) in [7, 11) is 0. The summed E-state index contributed by atoms with van der Waals surface area (Å²) in [6, 6.07) is 2.66. The van der Waals surface area contributed by atoms with Crippen molar-refractivity contribution >= 4 is 11.7 Å². The molecule has 0 radical (unpaired) electrons. The number of carbonyl (C=O) groups is 1. The minimum Gasteiger partial charge on any atom is -0.460 e. The first-order valence-corrected chi connectivity index (χ1v) is 8.17. The first kappa shape index (κ1) is 18.0. The topological polar surface area (TPSA) is 76.1 Å². The number of nitrogens with one attached hydrogen (secondary N) is 2. The summed E-state index contributed by atoms with van der Waals surface area (Å²) in [5.41, 5.74) is -0.476. The number of carbonyl (C=O) groups excluding carboxylic acids is 1. The summed E-state index contributed by atoms with van der Waals surface area (Å²) in [5.74, 6) is -2.21. The maximum absolute atomic E-state index is 13.5. The molecule has 0 aliphatic heterocycles. The largest absolute Gasteiger partial charge is 0.460 e. The van der Waals surface area contributed by atoms with Gasteiger partial charge >= 0.3 is 12.0 Å². The van der Waals surface area contributed by atoms with E-state index in [0.717, 1.165) is 24.5 Å². The molecule has 1 aromatic carbocycles. The van der Waals surface area contributed by atoms with E-state index in [1.807, 2.05) is 0 Å². The molecular formula is C17H17F3N4O2. The van der Waals surface area contributed by atoms with E-state index in [9.17, 15) is 18.0 Å². The van der Waals surface area contributed by atoms with Gasteiger partial charge in [-0.2, -0.15) is 0 Å². The Labute approximate surface area is 147 Å². The standard InChI is InChI=1S/C17H17F3N4O2/c18-10-8-21-17(22-9-10)26-12-6-4-11(5-7-12)23-16(25)24-15-13(19)2-1-3-14(15)20/h1-3,8-9,11-12H,4-7H2,(H2,23,24,25).